The van der Waals surface area contributed by atoms with Crippen molar-refractivity contribution in [3.8, 4) is 0 Å². The fourth-order valence-electron chi connectivity index (χ4n) is 5.35. The van der Waals surface area contributed by atoms with Gasteiger partial charge in [-0.2, -0.15) is 0 Å². The lowest BCUT2D eigenvalue weighted by molar-refractivity contribution is -0.121. The molecule has 0 fully saturated rings. The van der Waals surface area contributed by atoms with Gasteiger partial charge in [-0.3, -0.25) is 14.9 Å². The third-order valence-electron chi connectivity index (χ3n) is 7.28. The Hall–Kier alpha value is -4.69. The highest BCUT2D eigenvalue weighted by atomic mass is 16.5. The molecule has 0 aliphatic rings. The Balaban J connectivity index is 1.40. The second-order valence-electron chi connectivity index (χ2n) is 10.5. The fraction of sp³-hybridized carbons (Fsp3) is 0.242. The third-order valence-corrected chi connectivity index (χ3v) is 7.28. The monoisotopic (exact) mass is 550 g/mol. The highest BCUT2D eigenvalue weighted by molar-refractivity contribution is 5.83. The summed E-state index contributed by atoms with van der Waals surface area (Å²) in [5.74, 6) is 0.648. The van der Waals surface area contributed by atoms with Gasteiger partial charge < -0.3 is 20.0 Å². The summed E-state index contributed by atoms with van der Waals surface area (Å²) >= 11 is 0. The standard InChI is InChI=1S/C33H34N4O4/c1-19-10-12-26(20(2)14-19)32(24-8-6-5-7-9-24)36-30(39)16-23-11-13-27-25(15-23)17-28(40-27)33(35-18-29(34)38)31-21(3)37-41-22(31)4/h5-15,17,32-33,35H,16,18H2,1-4H3,(H2,34,38)(H,36,39). The van der Waals surface area contributed by atoms with Crippen molar-refractivity contribution < 1.29 is 18.5 Å². The van der Waals surface area contributed by atoms with Gasteiger partial charge in [-0.1, -0.05) is 65.3 Å². The Morgan fingerprint density at radius 2 is 1.71 bits per heavy atom. The van der Waals surface area contributed by atoms with E-state index in [-0.39, 0.29) is 24.9 Å². The van der Waals surface area contributed by atoms with Crippen LogP contribution in [0.5, 0.6) is 0 Å². The molecule has 41 heavy (non-hydrogen) atoms. The second kappa shape index (κ2) is 11.8. The van der Waals surface area contributed by atoms with Crippen molar-refractivity contribution in [1.29, 1.82) is 0 Å². The van der Waals surface area contributed by atoms with Crippen LogP contribution in [0.25, 0.3) is 11.0 Å². The van der Waals surface area contributed by atoms with Gasteiger partial charge in [0.05, 0.1) is 30.7 Å². The van der Waals surface area contributed by atoms with Gasteiger partial charge in [-0.25, -0.2) is 0 Å². The molecule has 2 unspecified atom stereocenters. The Labute approximate surface area is 238 Å². The molecule has 5 rings (SSSR count). The van der Waals surface area contributed by atoms with Crippen LogP contribution in [-0.4, -0.2) is 23.5 Å². The number of hydrogen-bond donors (Lipinski definition) is 3. The highest BCUT2D eigenvalue weighted by Gasteiger charge is 2.26. The summed E-state index contributed by atoms with van der Waals surface area (Å²) in [5.41, 5.74) is 12.8. The van der Waals surface area contributed by atoms with Crippen LogP contribution in [0, 0.1) is 27.7 Å². The van der Waals surface area contributed by atoms with Crippen molar-refractivity contribution in [2.75, 3.05) is 6.54 Å². The van der Waals surface area contributed by atoms with Gasteiger partial charge in [-0.05, 0) is 68.1 Å². The van der Waals surface area contributed by atoms with E-state index < -0.39 is 11.9 Å². The largest absolute Gasteiger partial charge is 0.459 e. The molecule has 0 saturated carbocycles. The first-order chi connectivity index (χ1) is 19.7. The third kappa shape index (κ3) is 6.23. The quantitative estimate of drug-likeness (QED) is 0.218. The summed E-state index contributed by atoms with van der Waals surface area (Å²) in [6.45, 7) is 7.75. The normalized spacial score (nSPS) is 12.8. The summed E-state index contributed by atoms with van der Waals surface area (Å²) in [4.78, 5) is 24.9. The maximum atomic E-state index is 13.4. The van der Waals surface area contributed by atoms with E-state index in [2.05, 4.69) is 47.8 Å². The number of hydrogen-bond acceptors (Lipinski definition) is 6. The van der Waals surface area contributed by atoms with Crippen molar-refractivity contribution in [2.24, 2.45) is 5.73 Å². The fourth-order valence-corrected chi connectivity index (χ4v) is 5.35. The lowest BCUT2D eigenvalue weighted by Crippen LogP contribution is -2.32. The van der Waals surface area contributed by atoms with Crippen LogP contribution in [0.1, 0.15) is 62.7 Å². The topological polar surface area (TPSA) is 123 Å². The Morgan fingerprint density at radius 1 is 0.927 bits per heavy atom. The van der Waals surface area contributed by atoms with Crippen molar-refractivity contribution in [3.63, 3.8) is 0 Å². The minimum atomic E-state index is -0.485. The summed E-state index contributed by atoms with van der Waals surface area (Å²) < 4.78 is 11.5. The first kappa shape index (κ1) is 27.9. The van der Waals surface area contributed by atoms with Gasteiger partial charge in [0, 0.05) is 10.9 Å². The minimum Gasteiger partial charge on any atom is -0.459 e. The van der Waals surface area contributed by atoms with E-state index in [0.717, 1.165) is 33.2 Å². The molecule has 8 nitrogen and oxygen atoms in total. The van der Waals surface area contributed by atoms with Gasteiger partial charge in [0.2, 0.25) is 11.8 Å². The number of amides is 2. The number of primary amides is 1. The van der Waals surface area contributed by atoms with Gasteiger partial charge in [0.1, 0.15) is 17.1 Å². The van der Waals surface area contributed by atoms with Crippen LogP contribution in [0.15, 0.2) is 81.7 Å². The number of furan rings is 1. The molecule has 0 aliphatic heterocycles. The predicted octanol–water partition coefficient (Wildman–Crippen LogP) is 5.27. The average Bonchev–Trinajstić information content (AvgIpc) is 3.51. The molecule has 2 amide bonds. The smallest absolute Gasteiger partial charge is 0.231 e. The molecular formula is C33H34N4O4. The molecule has 2 aromatic heterocycles. The molecule has 0 radical (unpaired) electrons. The zero-order valence-corrected chi connectivity index (χ0v) is 23.7. The van der Waals surface area contributed by atoms with Crippen LogP contribution in [0.4, 0.5) is 0 Å². The predicted molar refractivity (Wildman–Crippen MR) is 157 cm³/mol. The molecular weight excluding hydrogens is 516 g/mol. The van der Waals surface area contributed by atoms with Crippen LogP contribution < -0.4 is 16.4 Å². The molecule has 8 heteroatoms. The maximum absolute atomic E-state index is 13.4. The first-order valence-electron chi connectivity index (χ1n) is 13.6. The van der Waals surface area contributed by atoms with Crippen LogP contribution in [-0.2, 0) is 16.0 Å². The molecule has 3 aromatic carbocycles. The molecule has 4 N–H and O–H groups in total. The molecule has 5 aromatic rings. The number of benzene rings is 3. The summed E-state index contributed by atoms with van der Waals surface area (Å²) in [5, 5.41) is 11.3. The Kier molecular flexibility index (Phi) is 8.03. The van der Waals surface area contributed by atoms with Crippen LogP contribution >= 0.6 is 0 Å². The van der Waals surface area contributed by atoms with E-state index in [1.807, 2.05) is 68.4 Å². The number of carbonyl (C=O) groups is 2. The van der Waals surface area contributed by atoms with Crippen LogP contribution in [0.2, 0.25) is 0 Å². The molecule has 2 atom stereocenters. The van der Waals surface area contributed by atoms with E-state index in [1.54, 1.807) is 0 Å². The number of carbonyl (C=O) groups excluding carboxylic acids is 2. The minimum absolute atomic E-state index is 0.0414. The Bertz CT molecular complexity index is 1680. The van der Waals surface area contributed by atoms with Crippen molar-refractivity contribution in [2.45, 2.75) is 46.2 Å². The second-order valence-corrected chi connectivity index (χ2v) is 10.5. The average molecular weight is 551 g/mol. The number of nitrogens with one attached hydrogen (secondary N) is 2. The Morgan fingerprint density at radius 3 is 2.39 bits per heavy atom. The number of rotatable bonds is 10. The summed E-state index contributed by atoms with van der Waals surface area (Å²) in [6.07, 6.45) is 0.206. The van der Waals surface area contributed by atoms with E-state index in [0.29, 0.717) is 22.8 Å². The zero-order chi connectivity index (χ0) is 29.1. The van der Waals surface area contributed by atoms with E-state index in [4.69, 9.17) is 14.7 Å². The first-order valence-corrected chi connectivity index (χ1v) is 13.6. The SMILES string of the molecule is Cc1ccc(C(NC(=O)Cc2ccc3oc(C(NCC(N)=O)c4c(C)noc4C)cc3c2)c2ccccc2)c(C)c1. The molecule has 210 valence electrons. The van der Waals surface area contributed by atoms with Crippen LogP contribution in [0.3, 0.4) is 0 Å². The van der Waals surface area contributed by atoms with Crippen molar-refractivity contribution in [3.05, 3.63) is 123 Å². The molecule has 0 saturated heterocycles. The van der Waals surface area contributed by atoms with Crippen molar-refractivity contribution in [1.82, 2.24) is 15.8 Å². The van der Waals surface area contributed by atoms with Gasteiger partial charge in [0.15, 0.2) is 0 Å². The van der Waals surface area contributed by atoms with Gasteiger partial charge >= 0.3 is 0 Å². The number of fused-ring (bicyclic) bond motifs is 1. The number of nitrogens with two attached hydrogens (primary N) is 1. The van der Waals surface area contributed by atoms with E-state index in [9.17, 15) is 9.59 Å². The van der Waals surface area contributed by atoms with Gasteiger partial charge in [0.25, 0.3) is 0 Å². The summed E-state index contributed by atoms with van der Waals surface area (Å²) in [6, 6.07) is 23.2. The number of aryl methyl sites for hydroxylation is 4. The summed E-state index contributed by atoms with van der Waals surface area (Å²) in [7, 11) is 0. The lowest BCUT2D eigenvalue weighted by Gasteiger charge is -2.22. The molecule has 0 aliphatic carbocycles. The van der Waals surface area contributed by atoms with E-state index in [1.165, 1.54) is 5.56 Å². The van der Waals surface area contributed by atoms with Crippen molar-refractivity contribution >= 4 is 22.8 Å². The molecule has 0 spiro atoms. The highest BCUT2D eigenvalue weighted by Crippen LogP contribution is 2.32. The van der Waals surface area contributed by atoms with E-state index >= 15 is 0 Å². The number of aromatic nitrogens is 1. The van der Waals surface area contributed by atoms with Gasteiger partial charge in [-0.15, -0.1) is 0 Å². The number of nitrogens with zero attached hydrogens (tertiary/aromatic N) is 1. The molecule has 2 heterocycles. The molecule has 0 bridgehead atoms. The lowest BCUT2D eigenvalue weighted by atomic mass is 9.93. The zero-order valence-electron chi connectivity index (χ0n) is 23.7. The maximum Gasteiger partial charge on any atom is 0.231 e.